The number of nitrogens with two attached hydrogens (primary N) is 1. The van der Waals surface area contributed by atoms with Crippen molar-refractivity contribution in [3.8, 4) is 5.75 Å². The molecule has 0 aliphatic carbocycles. The Hall–Kier alpha value is -3.07. The molecule has 0 fully saturated rings. The molecular formula is C21H19BrN2O6. The van der Waals surface area contributed by atoms with Crippen molar-refractivity contribution in [1.82, 2.24) is 0 Å². The predicted octanol–water partition coefficient (Wildman–Crippen LogP) is 2.49. The molecule has 2 aliphatic heterocycles. The Morgan fingerprint density at radius 3 is 2.67 bits per heavy atom. The Labute approximate surface area is 180 Å². The maximum absolute atomic E-state index is 13.9. The molecule has 9 heteroatoms. The highest BCUT2D eigenvalue weighted by atomic mass is 79.9. The highest BCUT2D eigenvalue weighted by Gasteiger charge is 2.62. The fourth-order valence-corrected chi connectivity index (χ4v) is 4.57. The van der Waals surface area contributed by atoms with Gasteiger partial charge in [0.25, 0.3) is 0 Å². The number of halogens is 1. The number of amides is 1. The summed E-state index contributed by atoms with van der Waals surface area (Å²) in [5.41, 5.74) is 4.21. The van der Waals surface area contributed by atoms with Crippen LogP contribution in [0.4, 0.5) is 5.69 Å². The van der Waals surface area contributed by atoms with Gasteiger partial charge in [0.15, 0.2) is 0 Å². The Morgan fingerprint density at radius 2 is 2.00 bits per heavy atom. The van der Waals surface area contributed by atoms with E-state index in [2.05, 4.69) is 15.9 Å². The third-order valence-electron chi connectivity index (χ3n) is 5.27. The Bertz CT molecular complexity index is 1180. The van der Waals surface area contributed by atoms with E-state index in [1.807, 2.05) is 0 Å². The van der Waals surface area contributed by atoms with E-state index < -0.39 is 22.9 Å². The lowest BCUT2D eigenvalue weighted by molar-refractivity contribution is -0.140. The molecule has 1 aromatic heterocycles. The van der Waals surface area contributed by atoms with Crippen LogP contribution in [0.5, 0.6) is 5.75 Å². The number of ether oxygens (including phenoxy) is 2. The molecular weight excluding hydrogens is 456 g/mol. The molecule has 0 bridgehead atoms. The summed E-state index contributed by atoms with van der Waals surface area (Å²) in [4.78, 5) is 41.5. The highest BCUT2D eigenvalue weighted by Crippen LogP contribution is 2.55. The number of anilines is 1. The summed E-state index contributed by atoms with van der Waals surface area (Å²) in [7, 11) is 0. The van der Waals surface area contributed by atoms with Crippen molar-refractivity contribution in [2.24, 2.45) is 5.73 Å². The van der Waals surface area contributed by atoms with E-state index in [0.29, 0.717) is 22.3 Å². The summed E-state index contributed by atoms with van der Waals surface area (Å²) in [6, 6.07) is 6.71. The second kappa shape index (κ2) is 7.02. The molecule has 0 radical (unpaired) electrons. The SMILES string of the molecule is CCOC(=O)C1=C(N)Oc2cc(C)oc(=O)c2C12C(=O)N(CC)c1ccc(Br)cc12. The zero-order valence-electron chi connectivity index (χ0n) is 16.6. The van der Waals surface area contributed by atoms with Crippen molar-refractivity contribution in [2.75, 3.05) is 18.1 Å². The maximum Gasteiger partial charge on any atom is 0.344 e. The van der Waals surface area contributed by atoms with Gasteiger partial charge in [0, 0.05) is 28.3 Å². The maximum atomic E-state index is 13.9. The minimum Gasteiger partial charge on any atom is -0.462 e. The second-order valence-electron chi connectivity index (χ2n) is 6.91. The number of likely N-dealkylation sites (N-methyl/N-ethyl adjacent to an activating group) is 1. The van der Waals surface area contributed by atoms with Crippen molar-refractivity contribution in [3.63, 3.8) is 0 Å². The van der Waals surface area contributed by atoms with E-state index >= 15 is 0 Å². The first-order chi connectivity index (χ1) is 14.3. The van der Waals surface area contributed by atoms with Gasteiger partial charge in [-0.15, -0.1) is 0 Å². The number of fused-ring (bicyclic) bond motifs is 4. The number of nitrogens with zero attached hydrogens (tertiary/aromatic N) is 1. The molecule has 1 spiro atoms. The molecule has 30 heavy (non-hydrogen) atoms. The first kappa shape index (κ1) is 20.2. The van der Waals surface area contributed by atoms with Crippen LogP contribution in [-0.4, -0.2) is 25.0 Å². The molecule has 1 unspecified atom stereocenters. The Kier molecular flexibility index (Phi) is 4.73. The van der Waals surface area contributed by atoms with Gasteiger partial charge in [0.2, 0.25) is 11.8 Å². The molecule has 4 rings (SSSR count). The molecule has 1 atom stereocenters. The summed E-state index contributed by atoms with van der Waals surface area (Å²) < 4.78 is 16.8. The summed E-state index contributed by atoms with van der Waals surface area (Å²) >= 11 is 3.42. The quantitative estimate of drug-likeness (QED) is 0.679. The molecule has 8 nitrogen and oxygen atoms in total. The van der Waals surface area contributed by atoms with E-state index in [-0.39, 0.29) is 35.1 Å². The van der Waals surface area contributed by atoms with Gasteiger partial charge < -0.3 is 24.5 Å². The summed E-state index contributed by atoms with van der Waals surface area (Å²) in [5, 5.41) is 0. The van der Waals surface area contributed by atoms with Gasteiger partial charge in [-0.2, -0.15) is 0 Å². The third-order valence-corrected chi connectivity index (χ3v) is 5.76. The first-order valence-electron chi connectivity index (χ1n) is 9.39. The lowest BCUT2D eigenvalue weighted by atomic mass is 9.69. The molecule has 0 saturated heterocycles. The number of hydrogen-bond acceptors (Lipinski definition) is 7. The van der Waals surface area contributed by atoms with Crippen molar-refractivity contribution >= 4 is 33.5 Å². The van der Waals surface area contributed by atoms with Crippen LogP contribution >= 0.6 is 15.9 Å². The van der Waals surface area contributed by atoms with Crippen LogP contribution in [0.3, 0.4) is 0 Å². The smallest absolute Gasteiger partial charge is 0.344 e. The number of carbonyl (C=O) groups excluding carboxylic acids is 2. The zero-order chi connectivity index (χ0) is 21.8. The number of hydrogen-bond donors (Lipinski definition) is 1. The fourth-order valence-electron chi connectivity index (χ4n) is 4.21. The van der Waals surface area contributed by atoms with Gasteiger partial charge in [0.1, 0.15) is 28.1 Å². The van der Waals surface area contributed by atoms with Crippen LogP contribution < -0.4 is 21.0 Å². The average Bonchev–Trinajstić information content (AvgIpc) is 2.89. The molecule has 3 heterocycles. The molecule has 2 aliphatic rings. The summed E-state index contributed by atoms with van der Waals surface area (Å²) in [6.07, 6.45) is 0. The van der Waals surface area contributed by atoms with E-state index in [1.54, 1.807) is 39.0 Å². The van der Waals surface area contributed by atoms with Gasteiger partial charge in [0.05, 0.1) is 6.61 Å². The predicted molar refractivity (Wildman–Crippen MR) is 111 cm³/mol. The van der Waals surface area contributed by atoms with Gasteiger partial charge >= 0.3 is 11.6 Å². The van der Waals surface area contributed by atoms with Gasteiger partial charge in [-0.1, -0.05) is 15.9 Å². The fraction of sp³-hybridized carbons (Fsp3) is 0.286. The van der Waals surface area contributed by atoms with Gasteiger partial charge in [-0.05, 0) is 39.0 Å². The van der Waals surface area contributed by atoms with Crippen LogP contribution in [0.25, 0.3) is 0 Å². The van der Waals surface area contributed by atoms with Crippen LogP contribution in [0.1, 0.15) is 30.7 Å². The van der Waals surface area contributed by atoms with Crippen molar-refractivity contribution in [2.45, 2.75) is 26.2 Å². The topological polar surface area (TPSA) is 112 Å². The Morgan fingerprint density at radius 1 is 1.27 bits per heavy atom. The van der Waals surface area contributed by atoms with E-state index in [9.17, 15) is 14.4 Å². The Balaban J connectivity index is 2.20. The summed E-state index contributed by atoms with van der Waals surface area (Å²) in [5.74, 6) is -1.26. The molecule has 1 amide bonds. The average molecular weight is 475 g/mol. The van der Waals surface area contributed by atoms with Crippen LogP contribution in [0.15, 0.2) is 49.4 Å². The van der Waals surface area contributed by atoms with E-state index in [4.69, 9.17) is 19.6 Å². The zero-order valence-corrected chi connectivity index (χ0v) is 18.2. The van der Waals surface area contributed by atoms with Gasteiger partial charge in [-0.25, -0.2) is 9.59 Å². The second-order valence-corrected chi connectivity index (χ2v) is 7.82. The number of esters is 1. The minimum atomic E-state index is -1.84. The highest BCUT2D eigenvalue weighted by molar-refractivity contribution is 9.10. The molecule has 1 aromatic carbocycles. The molecule has 2 N–H and O–H groups in total. The number of aryl methyl sites for hydroxylation is 1. The summed E-state index contributed by atoms with van der Waals surface area (Å²) in [6.45, 7) is 5.39. The lowest BCUT2D eigenvalue weighted by Crippen LogP contribution is -2.50. The lowest BCUT2D eigenvalue weighted by Gasteiger charge is -2.34. The normalized spacial score (nSPS) is 19.6. The number of carbonyl (C=O) groups is 2. The van der Waals surface area contributed by atoms with Crippen molar-refractivity contribution < 1.29 is 23.5 Å². The van der Waals surface area contributed by atoms with E-state index in [1.165, 1.54) is 11.0 Å². The van der Waals surface area contributed by atoms with Crippen molar-refractivity contribution in [3.05, 3.63) is 67.5 Å². The number of benzene rings is 1. The molecule has 2 aromatic rings. The van der Waals surface area contributed by atoms with E-state index in [0.717, 1.165) is 0 Å². The minimum absolute atomic E-state index is 0.0537. The largest absolute Gasteiger partial charge is 0.462 e. The van der Waals surface area contributed by atoms with Crippen LogP contribution in [0.2, 0.25) is 0 Å². The molecule has 156 valence electrons. The third kappa shape index (κ3) is 2.54. The first-order valence-corrected chi connectivity index (χ1v) is 10.2. The standard InChI is InChI=1S/C21H19BrN2O6/c1-4-24-13-7-6-11(22)9-12(13)21(20(24)27)15-14(8-10(3)29-19(15)26)30-17(23)16(21)18(25)28-5-2/h6-9H,4-5,23H2,1-3H3. The monoisotopic (exact) mass is 474 g/mol. The van der Waals surface area contributed by atoms with Crippen LogP contribution in [0, 0.1) is 6.92 Å². The van der Waals surface area contributed by atoms with Crippen molar-refractivity contribution in [1.29, 1.82) is 0 Å². The van der Waals surface area contributed by atoms with Gasteiger partial charge in [-0.3, -0.25) is 4.79 Å². The van der Waals surface area contributed by atoms with Crippen LogP contribution in [-0.2, 0) is 19.7 Å². The molecule has 0 saturated carbocycles. The number of rotatable bonds is 3.